The molecule has 1 aromatic heterocycles. The van der Waals surface area contributed by atoms with Crippen molar-refractivity contribution in [2.75, 3.05) is 13.6 Å². The lowest BCUT2D eigenvalue weighted by Crippen LogP contribution is -2.33. The Kier molecular flexibility index (Phi) is 6.40. The Morgan fingerprint density at radius 3 is 2.42 bits per heavy atom. The van der Waals surface area contributed by atoms with E-state index in [9.17, 15) is 22.7 Å². The molecule has 4 aromatic rings. The zero-order chi connectivity index (χ0) is 23.6. The van der Waals surface area contributed by atoms with Crippen molar-refractivity contribution < 1.29 is 27.4 Å². The molecule has 4 nitrogen and oxygen atoms in total. The maximum Gasteiger partial charge on any atom is 0.573 e. The van der Waals surface area contributed by atoms with Crippen LogP contribution >= 0.6 is 0 Å². The number of hydrogen-bond donors (Lipinski definition) is 2. The maximum atomic E-state index is 14.1. The normalized spacial score (nSPS) is 13.8. The number of alkyl halides is 3. The third kappa shape index (κ3) is 4.86. The van der Waals surface area contributed by atoms with Crippen molar-refractivity contribution in [3.05, 3.63) is 90.4 Å². The molecule has 0 radical (unpaired) electrons. The topological polar surface area (TPSA) is 46.4 Å². The predicted molar refractivity (Wildman–Crippen MR) is 119 cm³/mol. The summed E-state index contributed by atoms with van der Waals surface area (Å²) in [5, 5.41) is 14.6. The van der Waals surface area contributed by atoms with Crippen LogP contribution in [0.25, 0.3) is 22.0 Å². The van der Waals surface area contributed by atoms with E-state index in [0.29, 0.717) is 22.0 Å². The Labute approximate surface area is 188 Å². The van der Waals surface area contributed by atoms with Gasteiger partial charge in [0.25, 0.3) is 0 Å². The summed E-state index contributed by atoms with van der Waals surface area (Å²) in [6.07, 6.45) is -4.11. The number of aliphatic hydroxyl groups is 1. The summed E-state index contributed by atoms with van der Waals surface area (Å²) in [6, 6.07) is 18.3. The second-order valence-corrected chi connectivity index (χ2v) is 7.64. The average Bonchev–Trinajstić information content (AvgIpc) is 3.13. The lowest BCUT2D eigenvalue weighted by atomic mass is 10.0. The molecular weight excluding hydrogens is 436 g/mol. The van der Waals surface area contributed by atoms with Gasteiger partial charge in [-0.05, 0) is 36.9 Å². The molecule has 4 rings (SSSR count). The number of aromatic nitrogens is 1. The van der Waals surface area contributed by atoms with Gasteiger partial charge in [0, 0.05) is 34.8 Å². The van der Waals surface area contributed by atoms with E-state index in [4.69, 9.17) is 0 Å². The summed E-state index contributed by atoms with van der Waals surface area (Å²) in [5.41, 5.74) is 1.97. The Morgan fingerprint density at radius 2 is 1.70 bits per heavy atom. The molecule has 0 fully saturated rings. The van der Waals surface area contributed by atoms with E-state index in [-0.39, 0.29) is 17.9 Å². The van der Waals surface area contributed by atoms with Gasteiger partial charge in [-0.2, -0.15) is 0 Å². The molecule has 0 spiro atoms. The highest BCUT2D eigenvalue weighted by molar-refractivity contribution is 5.97. The van der Waals surface area contributed by atoms with Crippen LogP contribution in [0.3, 0.4) is 0 Å². The first-order chi connectivity index (χ1) is 15.8. The van der Waals surface area contributed by atoms with Gasteiger partial charge in [-0.1, -0.05) is 48.5 Å². The van der Waals surface area contributed by atoms with E-state index in [1.807, 2.05) is 6.07 Å². The van der Waals surface area contributed by atoms with Crippen LogP contribution in [0.15, 0.2) is 79.0 Å². The van der Waals surface area contributed by atoms with Crippen LogP contribution in [-0.2, 0) is 0 Å². The number of nitrogens with zero attached hydrogens (tertiary/aromatic N) is 1. The van der Waals surface area contributed by atoms with Gasteiger partial charge in [-0.25, -0.2) is 4.39 Å². The van der Waals surface area contributed by atoms with Gasteiger partial charge >= 0.3 is 6.36 Å². The predicted octanol–water partition coefficient (Wildman–Crippen LogP) is 5.52. The van der Waals surface area contributed by atoms with Gasteiger partial charge < -0.3 is 19.7 Å². The van der Waals surface area contributed by atoms with Crippen molar-refractivity contribution >= 4 is 10.9 Å². The van der Waals surface area contributed by atoms with Gasteiger partial charge in [0.05, 0.1) is 12.1 Å². The van der Waals surface area contributed by atoms with Crippen LogP contribution in [0.1, 0.15) is 11.6 Å². The van der Waals surface area contributed by atoms with Crippen molar-refractivity contribution in [1.29, 1.82) is 0 Å². The lowest BCUT2D eigenvalue weighted by Gasteiger charge is -2.26. The molecule has 2 atom stereocenters. The summed E-state index contributed by atoms with van der Waals surface area (Å²) in [4.78, 5) is 0. The van der Waals surface area contributed by atoms with Crippen LogP contribution in [0.5, 0.6) is 5.75 Å². The second kappa shape index (κ2) is 9.25. The molecular formula is C25H22F4N2O2. The largest absolute Gasteiger partial charge is 0.573 e. The first-order valence-corrected chi connectivity index (χ1v) is 10.3. The molecule has 0 saturated carbocycles. The highest BCUT2D eigenvalue weighted by Crippen LogP contribution is 2.40. The van der Waals surface area contributed by atoms with E-state index in [2.05, 4.69) is 10.1 Å². The fourth-order valence-corrected chi connectivity index (χ4v) is 4.13. The SMILES string of the molecule is CNC[C@@H](O)[C@H](c1cccc(F)c1)n1cc(-c2ccccc2OC(F)(F)F)c2ccccc21. The molecule has 0 saturated heterocycles. The van der Waals surface area contributed by atoms with Crippen molar-refractivity contribution in [1.82, 2.24) is 9.88 Å². The van der Waals surface area contributed by atoms with Crippen molar-refractivity contribution in [2.45, 2.75) is 18.5 Å². The van der Waals surface area contributed by atoms with Crippen LogP contribution in [-0.4, -0.2) is 35.7 Å². The average molecular weight is 458 g/mol. The number of halogens is 4. The molecule has 0 unspecified atom stereocenters. The maximum absolute atomic E-state index is 14.1. The smallest absolute Gasteiger partial charge is 0.405 e. The van der Waals surface area contributed by atoms with E-state index >= 15 is 0 Å². The van der Waals surface area contributed by atoms with Gasteiger partial charge in [0.2, 0.25) is 0 Å². The Balaban J connectivity index is 1.94. The Morgan fingerprint density at radius 1 is 0.970 bits per heavy atom. The fourth-order valence-electron chi connectivity index (χ4n) is 4.13. The lowest BCUT2D eigenvalue weighted by molar-refractivity contribution is -0.274. The minimum Gasteiger partial charge on any atom is -0.405 e. The summed E-state index contributed by atoms with van der Waals surface area (Å²) in [6.45, 7) is 0.219. The number of benzene rings is 3. The van der Waals surface area contributed by atoms with Crippen molar-refractivity contribution in [3.8, 4) is 16.9 Å². The standard InChI is InChI=1S/C25H22F4N2O2/c1-30-14-22(32)24(16-7-6-8-17(26)13-16)31-15-20(18-9-2-4-11-21(18)31)19-10-3-5-12-23(19)33-25(27,28)29/h2-13,15,22,24,30,32H,14H2,1H3/t22-,24+/m1/s1. The van der Waals surface area contributed by atoms with Crippen LogP contribution in [0.2, 0.25) is 0 Å². The molecule has 0 aliphatic heterocycles. The number of aliphatic hydroxyl groups excluding tert-OH is 1. The molecule has 0 aliphatic rings. The van der Waals surface area contributed by atoms with E-state index < -0.39 is 24.3 Å². The Hall–Kier alpha value is -3.36. The van der Waals surface area contributed by atoms with E-state index in [0.717, 1.165) is 0 Å². The molecule has 1 heterocycles. The van der Waals surface area contributed by atoms with Crippen molar-refractivity contribution in [2.24, 2.45) is 0 Å². The summed E-state index contributed by atoms with van der Waals surface area (Å²) >= 11 is 0. The molecule has 0 amide bonds. The minimum absolute atomic E-state index is 0.219. The van der Waals surface area contributed by atoms with Crippen LogP contribution < -0.4 is 10.1 Å². The number of likely N-dealkylation sites (N-methyl/N-ethyl adjacent to an activating group) is 1. The van der Waals surface area contributed by atoms with Crippen molar-refractivity contribution in [3.63, 3.8) is 0 Å². The molecule has 2 N–H and O–H groups in total. The van der Waals surface area contributed by atoms with Gasteiger partial charge in [0.15, 0.2) is 0 Å². The van der Waals surface area contributed by atoms with Crippen LogP contribution in [0, 0.1) is 5.82 Å². The number of ether oxygens (including phenoxy) is 1. The fraction of sp³-hybridized carbons (Fsp3) is 0.200. The molecule has 8 heteroatoms. The zero-order valence-corrected chi connectivity index (χ0v) is 17.7. The third-order valence-corrected chi connectivity index (χ3v) is 5.41. The number of nitrogens with one attached hydrogen (secondary N) is 1. The highest BCUT2D eigenvalue weighted by atomic mass is 19.4. The molecule has 3 aromatic carbocycles. The third-order valence-electron chi connectivity index (χ3n) is 5.41. The van der Waals surface area contributed by atoms with Gasteiger partial charge in [0.1, 0.15) is 11.6 Å². The monoisotopic (exact) mass is 458 g/mol. The first kappa shape index (κ1) is 22.8. The van der Waals surface area contributed by atoms with E-state index in [1.165, 1.54) is 24.3 Å². The number of rotatable bonds is 7. The number of para-hydroxylation sites is 2. The van der Waals surface area contributed by atoms with Crippen LogP contribution in [0.4, 0.5) is 17.6 Å². The Bertz CT molecular complexity index is 1250. The molecule has 33 heavy (non-hydrogen) atoms. The number of hydrogen-bond acceptors (Lipinski definition) is 3. The summed E-state index contributed by atoms with van der Waals surface area (Å²) < 4.78 is 59.2. The first-order valence-electron chi connectivity index (χ1n) is 10.3. The quantitative estimate of drug-likeness (QED) is 0.359. The molecule has 0 aliphatic carbocycles. The molecule has 172 valence electrons. The van der Waals surface area contributed by atoms with Gasteiger partial charge in [-0.3, -0.25) is 0 Å². The second-order valence-electron chi connectivity index (χ2n) is 7.64. The minimum atomic E-state index is -4.85. The summed E-state index contributed by atoms with van der Waals surface area (Å²) in [5.74, 6) is -0.777. The number of fused-ring (bicyclic) bond motifs is 1. The summed E-state index contributed by atoms with van der Waals surface area (Å²) in [7, 11) is 1.69. The zero-order valence-electron chi connectivity index (χ0n) is 17.7. The van der Waals surface area contributed by atoms with E-state index in [1.54, 1.807) is 60.3 Å². The molecule has 0 bridgehead atoms. The van der Waals surface area contributed by atoms with Gasteiger partial charge in [-0.15, -0.1) is 13.2 Å². The highest BCUT2D eigenvalue weighted by Gasteiger charge is 2.33.